The van der Waals surface area contributed by atoms with E-state index in [2.05, 4.69) is 10.3 Å². The molecule has 0 atom stereocenters. The van der Waals surface area contributed by atoms with Crippen LogP contribution in [0.25, 0.3) is 0 Å². The molecule has 0 aliphatic carbocycles. The highest BCUT2D eigenvalue weighted by molar-refractivity contribution is 8.13. The third-order valence-corrected chi connectivity index (χ3v) is 4.33. The fraction of sp³-hybridized carbons (Fsp3) is 0.357. The number of amidine groups is 1. The fourth-order valence-electron chi connectivity index (χ4n) is 2.31. The molecule has 0 saturated heterocycles. The minimum atomic E-state index is -0.174. The summed E-state index contributed by atoms with van der Waals surface area (Å²) in [6.45, 7) is 2.20. The lowest BCUT2D eigenvalue weighted by molar-refractivity contribution is 0.0655. The van der Waals surface area contributed by atoms with Gasteiger partial charge in [0.1, 0.15) is 0 Å². The van der Waals surface area contributed by atoms with Crippen LogP contribution < -0.4 is 5.32 Å². The Bertz CT molecular complexity index is 551. The maximum Gasteiger partial charge on any atom is 0.261 e. The van der Waals surface area contributed by atoms with Crippen LogP contribution in [-0.4, -0.2) is 47.3 Å². The molecule has 104 valence electrons. The standard InChI is InChI=1S/C14H15N3O2S/c18-12-10-4-1-2-5-11(10)13(19)17(12)8-3-9-20-14-15-6-7-16-14/h1-2,4-5H,3,6-9H2,(H,15,16). The van der Waals surface area contributed by atoms with Crippen molar-refractivity contribution in [3.05, 3.63) is 35.4 Å². The number of imide groups is 1. The van der Waals surface area contributed by atoms with Gasteiger partial charge < -0.3 is 5.32 Å². The summed E-state index contributed by atoms with van der Waals surface area (Å²) in [5.74, 6) is 0.498. The number of hydrogen-bond donors (Lipinski definition) is 1. The Hall–Kier alpha value is -1.82. The zero-order valence-corrected chi connectivity index (χ0v) is 11.8. The van der Waals surface area contributed by atoms with Gasteiger partial charge in [-0.05, 0) is 18.6 Å². The van der Waals surface area contributed by atoms with Crippen LogP contribution in [0.15, 0.2) is 29.3 Å². The summed E-state index contributed by atoms with van der Waals surface area (Å²) in [7, 11) is 0. The van der Waals surface area contributed by atoms with Crippen molar-refractivity contribution in [1.82, 2.24) is 10.2 Å². The molecule has 1 aromatic carbocycles. The Morgan fingerprint density at radius 1 is 1.20 bits per heavy atom. The second kappa shape index (κ2) is 5.66. The normalized spacial score (nSPS) is 17.2. The first kappa shape index (κ1) is 13.2. The Kier molecular flexibility index (Phi) is 3.73. The van der Waals surface area contributed by atoms with E-state index in [4.69, 9.17) is 0 Å². The molecule has 3 rings (SSSR count). The van der Waals surface area contributed by atoms with Gasteiger partial charge in [-0.3, -0.25) is 19.5 Å². The van der Waals surface area contributed by atoms with Gasteiger partial charge in [-0.2, -0.15) is 0 Å². The molecular formula is C14H15N3O2S. The first-order chi connectivity index (χ1) is 9.77. The third kappa shape index (κ3) is 2.43. The van der Waals surface area contributed by atoms with E-state index < -0.39 is 0 Å². The molecule has 0 bridgehead atoms. The summed E-state index contributed by atoms with van der Waals surface area (Å²) < 4.78 is 0. The van der Waals surface area contributed by atoms with Crippen molar-refractivity contribution in [1.29, 1.82) is 0 Å². The maximum absolute atomic E-state index is 12.1. The van der Waals surface area contributed by atoms with E-state index in [9.17, 15) is 9.59 Å². The number of thioether (sulfide) groups is 1. The van der Waals surface area contributed by atoms with Crippen molar-refractivity contribution in [2.45, 2.75) is 6.42 Å². The van der Waals surface area contributed by atoms with E-state index in [1.54, 1.807) is 36.0 Å². The predicted molar refractivity (Wildman–Crippen MR) is 79.2 cm³/mol. The van der Waals surface area contributed by atoms with Crippen LogP contribution in [0.5, 0.6) is 0 Å². The lowest BCUT2D eigenvalue weighted by Gasteiger charge is -2.13. The molecule has 0 radical (unpaired) electrons. The van der Waals surface area contributed by atoms with E-state index in [1.807, 2.05) is 0 Å². The Balaban J connectivity index is 1.54. The highest BCUT2D eigenvalue weighted by atomic mass is 32.2. The average molecular weight is 289 g/mol. The lowest BCUT2D eigenvalue weighted by Crippen LogP contribution is -2.31. The van der Waals surface area contributed by atoms with Crippen molar-refractivity contribution in [3.63, 3.8) is 0 Å². The maximum atomic E-state index is 12.1. The van der Waals surface area contributed by atoms with Crippen molar-refractivity contribution in [2.24, 2.45) is 4.99 Å². The summed E-state index contributed by atoms with van der Waals surface area (Å²) in [4.78, 5) is 29.9. The van der Waals surface area contributed by atoms with Gasteiger partial charge in [-0.25, -0.2) is 0 Å². The number of nitrogens with one attached hydrogen (secondary N) is 1. The largest absolute Gasteiger partial charge is 0.363 e. The summed E-state index contributed by atoms with van der Waals surface area (Å²) in [5.41, 5.74) is 1.04. The minimum absolute atomic E-state index is 0.174. The monoisotopic (exact) mass is 289 g/mol. The molecule has 0 saturated carbocycles. The van der Waals surface area contributed by atoms with Gasteiger partial charge in [0.2, 0.25) is 0 Å². The highest BCUT2D eigenvalue weighted by Gasteiger charge is 2.34. The van der Waals surface area contributed by atoms with E-state index in [0.29, 0.717) is 17.7 Å². The third-order valence-electron chi connectivity index (χ3n) is 3.29. The highest BCUT2D eigenvalue weighted by Crippen LogP contribution is 2.22. The zero-order valence-electron chi connectivity index (χ0n) is 11.0. The lowest BCUT2D eigenvalue weighted by atomic mass is 10.1. The van der Waals surface area contributed by atoms with Crippen molar-refractivity contribution < 1.29 is 9.59 Å². The summed E-state index contributed by atoms with van der Waals surface area (Å²) in [5, 5.41) is 4.15. The summed E-state index contributed by atoms with van der Waals surface area (Å²) >= 11 is 1.64. The topological polar surface area (TPSA) is 61.8 Å². The number of carbonyl (C=O) groups is 2. The van der Waals surface area contributed by atoms with Gasteiger partial charge in [-0.15, -0.1) is 0 Å². The van der Waals surface area contributed by atoms with Crippen LogP contribution in [0.3, 0.4) is 0 Å². The number of carbonyl (C=O) groups excluding carboxylic acids is 2. The van der Waals surface area contributed by atoms with Crippen LogP contribution >= 0.6 is 11.8 Å². The van der Waals surface area contributed by atoms with Gasteiger partial charge in [0.05, 0.1) is 17.7 Å². The first-order valence-corrected chi connectivity index (χ1v) is 7.62. The molecule has 20 heavy (non-hydrogen) atoms. The molecule has 2 amide bonds. The summed E-state index contributed by atoms with van der Waals surface area (Å²) in [6, 6.07) is 6.99. The molecule has 2 aliphatic heterocycles. The molecular weight excluding hydrogens is 274 g/mol. The number of benzene rings is 1. The molecule has 5 nitrogen and oxygen atoms in total. The molecule has 0 fully saturated rings. The number of amides is 2. The molecule has 2 heterocycles. The van der Waals surface area contributed by atoms with Gasteiger partial charge in [0.15, 0.2) is 5.17 Å². The van der Waals surface area contributed by atoms with E-state index >= 15 is 0 Å². The number of fused-ring (bicyclic) bond motifs is 1. The van der Waals surface area contributed by atoms with Gasteiger partial charge in [0, 0.05) is 18.8 Å². The SMILES string of the molecule is O=C1c2ccccc2C(=O)N1CCCSC1=NCCN1. The first-order valence-electron chi connectivity index (χ1n) is 6.64. The van der Waals surface area contributed by atoms with Crippen LogP contribution in [0.1, 0.15) is 27.1 Å². The van der Waals surface area contributed by atoms with Crippen LogP contribution in [0.4, 0.5) is 0 Å². The number of aliphatic imine (C=N–C) groups is 1. The molecule has 0 spiro atoms. The van der Waals surface area contributed by atoms with E-state index in [-0.39, 0.29) is 11.8 Å². The Labute approximate surface area is 121 Å². The van der Waals surface area contributed by atoms with E-state index in [0.717, 1.165) is 30.4 Å². The molecule has 2 aliphatic rings. The average Bonchev–Trinajstić information content (AvgIpc) is 3.06. The zero-order chi connectivity index (χ0) is 13.9. The van der Waals surface area contributed by atoms with Crippen LogP contribution in [0, 0.1) is 0 Å². The van der Waals surface area contributed by atoms with Crippen molar-refractivity contribution in [2.75, 3.05) is 25.4 Å². The molecule has 1 N–H and O–H groups in total. The second-order valence-electron chi connectivity index (χ2n) is 4.62. The second-order valence-corrected chi connectivity index (χ2v) is 5.71. The fourth-order valence-corrected chi connectivity index (χ4v) is 3.16. The van der Waals surface area contributed by atoms with Crippen molar-refractivity contribution >= 4 is 28.7 Å². The van der Waals surface area contributed by atoms with Crippen LogP contribution in [-0.2, 0) is 0 Å². The Morgan fingerprint density at radius 2 is 1.90 bits per heavy atom. The molecule has 6 heteroatoms. The molecule has 1 aromatic rings. The number of nitrogens with zero attached hydrogens (tertiary/aromatic N) is 2. The van der Waals surface area contributed by atoms with Gasteiger partial charge >= 0.3 is 0 Å². The minimum Gasteiger partial charge on any atom is -0.363 e. The van der Waals surface area contributed by atoms with Gasteiger partial charge in [0.25, 0.3) is 11.8 Å². The summed E-state index contributed by atoms with van der Waals surface area (Å²) in [6.07, 6.45) is 0.775. The molecule has 0 aromatic heterocycles. The van der Waals surface area contributed by atoms with Crippen molar-refractivity contribution in [3.8, 4) is 0 Å². The van der Waals surface area contributed by atoms with Crippen LogP contribution in [0.2, 0.25) is 0 Å². The van der Waals surface area contributed by atoms with Gasteiger partial charge in [-0.1, -0.05) is 23.9 Å². The smallest absolute Gasteiger partial charge is 0.261 e. The predicted octanol–water partition coefficient (Wildman–Crippen LogP) is 1.37. The molecule has 0 unspecified atom stereocenters. The number of hydrogen-bond acceptors (Lipinski definition) is 5. The van der Waals surface area contributed by atoms with E-state index in [1.165, 1.54) is 4.90 Å². The number of rotatable bonds is 4. The quantitative estimate of drug-likeness (QED) is 0.671. The Morgan fingerprint density at radius 3 is 2.50 bits per heavy atom.